The summed E-state index contributed by atoms with van der Waals surface area (Å²) in [6, 6.07) is 9.49. The molecule has 0 amide bonds. The van der Waals surface area contributed by atoms with Crippen LogP contribution in [-0.4, -0.2) is 51.8 Å². The topological polar surface area (TPSA) is 186 Å². The normalized spacial score (nSPS) is 11.2. The predicted octanol–water partition coefficient (Wildman–Crippen LogP) is 0.192. The number of thioether (sulfide) groups is 1. The number of hydrogen-bond acceptors (Lipinski definition) is 13. The second-order valence-electron chi connectivity index (χ2n) is 5.83. The summed E-state index contributed by atoms with van der Waals surface area (Å²) in [6.45, 7) is -0.142. The van der Waals surface area contributed by atoms with Crippen molar-refractivity contribution < 1.29 is 62.3 Å². The van der Waals surface area contributed by atoms with E-state index >= 15 is 0 Å². The quantitative estimate of drug-likeness (QED) is 0.0829. The number of nitrogens with one attached hydrogen (secondary N) is 1. The molecule has 0 aliphatic carbocycles. The standard InChI is InChI=1S/C17H15N5O7S3.Na/c23-14-5-4-10(19-20-16-21-22-17(31-16)30-8-15(24)25)6-13(14)18-9-29-11-2-1-3-12(7-11)32(26,27)28;/h1-7,18,23H,8-9H2,(H,24,25)(H,26,27,28);/q;+1/p-1. The van der Waals surface area contributed by atoms with Gasteiger partial charge in [0.1, 0.15) is 21.6 Å². The first-order chi connectivity index (χ1) is 15.2. The molecule has 168 valence electrons. The van der Waals surface area contributed by atoms with Crippen LogP contribution in [0.25, 0.3) is 0 Å². The van der Waals surface area contributed by atoms with Crippen molar-refractivity contribution in [1.82, 2.24) is 10.2 Å². The summed E-state index contributed by atoms with van der Waals surface area (Å²) in [6.07, 6.45) is 0. The number of nitrogens with zero attached hydrogens (tertiary/aromatic N) is 4. The first-order valence-corrected chi connectivity index (χ1v) is 11.8. The van der Waals surface area contributed by atoms with E-state index in [1.807, 2.05) is 0 Å². The maximum Gasteiger partial charge on any atom is 1.00 e. The van der Waals surface area contributed by atoms with Crippen LogP contribution in [0.2, 0.25) is 0 Å². The smallest absolute Gasteiger partial charge is 0.744 e. The molecule has 0 saturated heterocycles. The monoisotopic (exact) mass is 519 g/mol. The number of carboxylic acids is 1. The molecule has 0 saturated carbocycles. The number of rotatable bonds is 10. The molecule has 1 aromatic heterocycles. The maximum atomic E-state index is 11.1. The zero-order valence-electron chi connectivity index (χ0n) is 16.9. The molecule has 3 N–H and O–H groups in total. The van der Waals surface area contributed by atoms with Crippen molar-refractivity contribution in [1.29, 1.82) is 0 Å². The van der Waals surface area contributed by atoms with Gasteiger partial charge in [-0.1, -0.05) is 29.2 Å². The molecule has 0 spiro atoms. The van der Waals surface area contributed by atoms with Crippen LogP contribution in [0.1, 0.15) is 0 Å². The van der Waals surface area contributed by atoms with E-state index in [0.29, 0.717) is 10.0 Å². The van der Waals surface area contributed by atoms with E-state index in [1.165, 1.54) is 30.3 Å². The molecule has 0 unspecified atom stereocenters. The summed E-state index contributed by atoms with van der Waals surface area (Å²) < 4.78 is 39.0. The second-order valence-corrected chi connectivity index (χ2v) is 9.39. The predicted molar refractivity (Wildman–Crippen MR) is 114 cm³/mol. The van der Waals surface area contributed by atoms with Crippen LogP contribution in [0.15, 0.2) is 61.9 Å². The van der Waals surface area contributed by atoms with Gasteiger partial charge in [-0.05, 0) is 36.4 Å². The Morgan fingerprint density at radius 1 is 1.21 bits per heavy atom. The van der Waals surface area contributed by atoms with Crippen molar-refractivity contribution in [2.24, 2.45) is 10.2 Å². The molecule has 0 atom stereocenters. The number of carbonyl (C=O) groups is 1. The molecule has 12 nitrogen and oxygen atoms in total. The van der Waals surface area contributed by atoms with E-state index < -0.39 is 21.0 Å². The number of anilines is 1. The Bertz CT molecular complexity index is 1250. The zero-order chi connectivity index (χ0) is 23.1. The number of phenols is 1. The Labute approximate surface area is 218 Å². The molecular formula is C17H14N5NaO7S3. The van der Waals surface area contributed by atoms with Gasteiger partial charge < -0.3 is 24.8 Å². The van der Waals surface area contributed by atoms with Gasteiger partial charge in [0.15, 0.2) is 11.1 Å². The first-order valence-electron chi connectivity index (χ1n) is 8.56. The summed E-state index contributed by atoms with van der Waals surface area (Å²) in [5, 5.41) is 37.3. The van der Waals surface area contributed by atoms with Gasteiger partial charge >= 0.3 is 35.5 Å². The molecular weight excluding hydrogens is 505 g/mol. The van der Waals surface area contributed by atoms with Gasteiger partial charge in [-0.2, -0.15) is 0 Å². The molecule has 0 radical (unpaired) electrons. The van der Waals surface area contributed by atoms with Gasteiger partial charge in [0.2, 0.25) is 0 Å². The van der Waals surface area contributed by atoms with E-state index in [9.17, 15) is 22.9 Å². The van der Waals surface area contributed by atoms with E-state index in [1.54, 1.807) is 0 Å². The minimum absolute atomic E-state index is 0. The Kier molecular flexibility index (Phi) is 10.0. The third-order valence-electron chi connectivity index (χ3n) is 3.54. The molecule has 1 heterocycles. The fraction of sp³-hybridized carbons (Fsp3) is 0.118. The number of azo groups is 1. The summed E-state index contributed by atoms with van der Waals surface area (Å²) in [5.41, 5.74) is 0.642. The molecule has 0 fully saturated rings. The van der Waals surface area contributed by atoms with Crippen LogP contribution in [0, 0.1) is 0 Å². The van der Waals surface area contributed by atoms with Gasteiger partial charge in [-0.25, -0.2) is 8.42 Å². The molecule has 3 aromatic rings. The minimum Gasteiger partial charge on any atom is -0.744 e. The number of carboxylic acid groups (broad SMARTS) is 1. The van der Waals surface area contributed by atoms with Gasteiger partial charge in [0.25, 0.3) is 5.13 Å². The first kappa shape index (κ1) is 27.0. The summed E-state index contributed by atoms with van der Waals surface area (Å²) in [5.74, 6) is -1.05. The number of aromatic hydroxyl groups is 1. The SMILES string of the molecule is O=C(O)CSc1nnc(N=Nc2ccc(O)c(NCOc3cccc(S(=O)(=O)[O-])c3)c2)s1.[Na+]. The molecule has 3 rings (SSSR count). The van der Waals surface area contributed by atoms with E-state index in [2.05, 4.69) is 25.7 Å². The Morgan fingerprint density at radius 2 is 2.00 bits per heavy atom. The summed E-state index contributed by atoms with van der Waals surface area (Å²) in [7, 11) is -4.60. The van der Waals surface area contributed by atoms with Crippen LogP contribution < -0.4 is 39.6 Å². The number of aliphatic carboxylic acids is 1. The van der Waals surface area contributed by atoms with Crippen molar-refractivity contribution in [2.75, 3.05) is 17.8 Å². The van der Waals surface area contributed by atoms with Crippen molar-refractivity contribution in [3.05, 3.63) is 42.5 Å². The van der Waals surface area contributed by atoms with Crippen molar-refractivity contribution >= 4 is 55.7 Å². The summed E-state index contributed by atoms with van der Waals surface area (Å²) in [4.78, 5) is 10.2. The molecule has 16 heteroatoms. The number of ether oxygens (including phenoxy) is 1. The second kappa shape index (κ2) is 12.3. The average molecular weight is 520 g/mol. The van der Waals surface area contributed by atoms with Crippen LogP contribution >= 0.6 is 23.1 Å². The molecule has 2 aromatic carbocycles. The number of phenolic OH excluding ortho intramolecular Hbond substituents is 1. The fourth-order valence-electron chi connectivity index (χ4n) is 2.17. The van der Waals surface area contributed by atoms with Gasteiger partial charge in [0, 0.05) is 0 Å². The molecule has 0 aliphatic heterocycles. The van der Waals surface area contributed by atoms with E-state index in [4.69, 9.17) is 9.84 Å². The van der Waals surface area contributed by atoms with Gasteiger partial charge in [-0.3, -0.25) is 4.79 Å². The third kappa shape index (κ3) is 8.54. The molecule has 0 aliphatic rings. The number of benzene rings is 2. The van der Waals surface area contributed by atoms with Crippen LogP contribution in [0.4, 0.5) is 16.5 Å². The Morgan fingerprint density at radius 3 is 2.73 bits per heavy atom. The van der Waals surface area contributed by atoms with Crippen molar-refractivity contribution in [3.63, 3.8) is 0 Å². The Hall–Kier alpha value is -2.27. The summed E-state index contributed by atoms with van der Waals surface area (Å²) >= 11 is 2.10. The number of aromatic nitrogens is 2. The van der Waals surface area contributed by atoms with Gasteiger partial charge in [-0.15, -0.1) is 20.4 Å². The minimum atomic E-state index is -4.60. The maximum absolute atomic E-state index is 11.1. The van der Waals surface area contributed by atoms with Crippen LogP contribution in [0.5, 0.6) is 11.5 Å². The third-order valence-corrected chi connectivity index (χ3v) is 6.30. The molecule has 33 heavy (non-hydrogen) atoms. The van der Waals surface area contributed by atoms with Crippen LogP contribution in [0.3, 0.4) is 0 Å². The van der Waals surface area contributed by atoms with Crippen molar-refractivity contribution in [3.8, 4) is 11.5 Å². The van der Waals surface area contributed by atoms with Crippen LogP contribution in [-0.2, 0) is 14.9 Å². The number of hydrogen-bond donors (Lipinski definition) is 3. The largest absolute Gasteiger partial charge is 1.00 e. The van der Waals surface area contributed by atoms with E-state index in [0.717, 1.165) is 35.2 Å². The van der Waals surface area contributed by atoms with Crippen molar-refractivity contribution in [2.45, 2.75) is 9.24 Å². The average Bonchev–Trinajstić information content (AvgIpc) is 3.20. The van der Waals surface area contributed by atoms with Gasteiger partial charge in [0.05, 0.1) is 22.0 Å². The zero-order valence-corrected chi connectivity index (χ0v) is 21.4. The fourth-order valence-corrected chi connectivity index (χ4v) is 4.06. The van der Waals surface area contributed by atoms with E-state index in [-0.39, 0.29) is 64.4 Å². The Balaban J connectivity index is 0.00000385. The molecule has 0 bridgehead atoms.